The average molecular weight is 366 g/mol. The molecule has 0 atom stereocenters. The summed E-state index contributed by atoms with van der Waals surface area (Å²) in [6.45, 7) is 1.60. The summed E-state index contributed by atoms with van der Waals surface area (Å²) < 4.78 is 4.75. The van der Waals surface area contributed by atoms with E-state index in [-0.39, 0.29) is 23.5 Å². The Morgan fingerprint density at radius 2 is 1.81 bits per heavy atom. The number of nitrogens with zero attached hydrogens (tertiary/aromatic N) is 4. The molecular formula is C18H14N4O5. The minimum Gasteiger partial charge on any atom is -0.461 e. The van der Waals surface area contributed by atoms with Crippen LogP contribution in [-0.4, -0.2) is 29.1 Å². The van der Waals surface area contributed by atoms with Crippen LogP contribution in [0.4, 0.5) is 11.4 Å². The standard InChI is InChI=1S/C18H14N4O5/c1-2-27-18(24)16(12-19)20-21(17(23)13-6-4-3-5-7-13)14-8-10-15(11-9-14)22(25)26/h3-11H,2H2,1H3/b20-16-. The summed E-state index contributed by atoms with van der Waals surface area (Å²) in [5, 5.41) is 24.7. The smallest absolute Gasteiger partial charge is 0.369 e. The van der Waals surface area contributed by atoms with Crippen LogP contribution in [0.1, 0.15) is 17.3 Å². The number of rotatable bonds is 6. The molecule has 2 rings (SSSR count). The van der Waals surface area contributed by atoms with E-state index in [0.29, 0.717) is 0 Å². The van der Waals surface area contributed by atoms with Gasteiger partial charge in [0.2, 0.25) is 5.71 Å². The van der Waals surface area contributed by atoms with E-state index in [2.05, 4.69) is 5.10 Å². The van der Waals surface area contributed by atoms with Gasteiger partial charge >= 0.3 is 5.97 Å². The first kappa shape index (κ1) is 19.3. The van der Waals surface area contributed by atoms with Crippen molar-refractivity contribution in [2.75, 3.05) is 11.6 Å². The zero-order valence-corrected chi connectivity index (χ0v) is 14.2. The maximum absolute atomic E-state index is 12.8. The highest BCUT2D eigenvalue weighted by Crippen LogP contribution is 2.22. The second kappa shape index (κ2) is 8.87. The van der Waals surface area contributed by atoms with Crippen LogP contribution in [0.2, 0.25) is 0 Å². The minimum atomic E-state index is -0.979. The van der Waals surface area contributed by atoms with E-state index in [4.69, 9.17) is 4.74 Å². The Morgan fingerprint density at radius 3 is 2.33 bits per heavy atom. The number of carbonyl (C=O) groups is 2. The van der Waals surface area contributed by atoms with Crippen molar-refractivity contribution in [1.82, 2.24) is 0 Å². The van der Waals surface area contributed by atoms with Crippen molar-refractivity contribution >= 4 is 29.0 Å². The van der Waals surface area contributed by atoms with E-state index in [1.54, 1.807) is 31.2 Å². The van der Waals surface area contributed by atoms with Gasteiger partial charge in [-0.15, -0.1) is 5.10 Å². The normalized spacial score (nSPS) is 10.6. The van der Waals surface area contributed by atoms with Crippen LogP contribution >= 0.6 is 0 Å². The van der Waals surface area contributed by atoms with Gasteiger partial charge < -0.3 is 4.74 Å². The number of amides is 1. The zero-order chi connectivity index (χ0) is 19.8. The number of hydrogen-bond acceptors (Lipinski definition) is 7. The molecule has 0 aliphatic rings. The number of hydrogen-bond donors (Lipinski definition) is 0. The minimum absolute atomic E-state index is 0.0314. The van der Waals surface area contributed by atoms with Crippen LogP contribution in [0.3, 0.4) is 0 Å². The lowest BCUT2D eigenvalue weighted by Gasteiger charge is -2.17. The predicted molar refractivity (Wildman–Crippen MR) is 96.0 cm³/mol. The van der Waals surface area contributed by atoms with Crippen LogP contribution in [0.15, 0.2) is 59.7 Å². The number of carbonyl (C=O) groups excluding carboxylic acids is 2. The highest BCUT2D eigenvalue weighted by Gasteiger charge is 2.22. The van der Waals surface area contributed by atoms with Gasteiger partial charge in [-0.25, -0.2) is 4.79 Å². The molecule has 0 heterocycles. The lowest BCUT2D eigenvalue weighted by molar-refractivity contribution is -0.384. The summed E-state index contributed by atoms with van der Waals surface area (Å²) in [5.74, 6) is -1.60. The van der Waals surface area contributed by atoms with Gasteiger partial charge in [0.1, 0.15) is 6.07 Å². The van der Waals surface area contributed by atoms with Crippen molar-refractivity contribution in [3.05, 3.63) is 70.3 Å². The van der Waals surface area contributed by atoms with Gasteiger partial charge in [-0.3, -0.25) is 14.9 Å². The van der Waals surface area contributed by atoms with Crippen LogP contribution in [0.5, 0.6) is 0 Å². The first-order valence-corrected chi connectivity index (χ1v) is 7.77. The third-order valence-corrected chi connectivity index (χ3v) is 3.29. The fourth-order valence-corrected chi connectivity index (χ4v) is 2.05. The largest absolute Gasteiger partial charge is 0.461 e. The summed E-state index contributed by atoms with van der Waals surface area (Å²) in [7, 11) is 0. The maximum atomic E-state index is 12.8. The van der Waals surface area contributed by atoms with Crippen molar-refractivity contribution in [3.8, 4) is 6.07 Å². The Balaban J connectivity index is 2.51. The van der Waals surface area contributed by atoms with Crippen molar-refractivity contribution in [1.29, 1.82) is 5.26 Å². The summed E-state index contributed by atoms with van der Waals surface area (Å²) >= 11 is 0. The number of ether oxygens (including phenoxy) is 1. The molecule has 0 fully saturated rings. The molecule has 0 saturated carbocycles. The third kappa shape index (κ3) is 4.73. The first-order chi connectivity index (χ1) is 13.0. The predicted octanol–water partition coefficient (Wildman–Crippen LogP) is 2.68. The van der Waals surface area contributed by atoms with Gasteiger partial charge in [0.05, 0.1) is 17.2 Å². The Hall–Kier alpha value is -4.06. The molecule has 0 bridgehead atoms. The second-order valence-electron chi connectivity index (χ2n) is 5.04. The number of esters is 1. The fraction of sp³-hybridized carbons (Fsp3) is 0.111. The summed E-state index contributed by atoms with van der Waals surface area (Å²) in [5.41, 5.74) is -0.410. The fourth-order valence-electron chi connectivity index (χ4n) is 2.05. The van der Waals surface area contributed by atoms with Crippen LogP contribution in [-0.2, 0) is 9.53 Å². The Kier molecular flexibility index (Phi) is 6.33. The van der Waals surface area contributed by atoms with Crippen LogP contribution in [0, 0.1) is 21.4 Å². The summed E-state index contributed by atoms with van der Waals surface area (Å²) in [4.78, 5) is 34.9. The molecule has 0 saturated heterocycles. The molecule has 0 aromatic heterocycles. The van der Waals surface area contributed by atoms with Crippen molar-refractivity contribution < 1.29 is 19.2 Å². The number of hydrazone groups is 1. The second-order valence-corrected chi connectivity index (χ2v) is 5.04. The highest BCUT2D eigenvalue weighted by molar-refractivity contribution is 6.43. The van der Waals surface area contributed by atoms with E-state index in [1.807, 2.05) is 0 Å². The SMILES string of the molecule is CCOC(=O)/C(C#N)=N\N(C(=O)c1ccccc1)c1ccc([N+](=O)[O-])cc1. The van der Waals surface area contributed by atoms with E-state index in [9.17, 15) is 25.0 Å². The van der Waals surface area contributed by atoms with E-state index in [0.717, 1.165) is 5.01 Å². The van der Waals surface area contributed by atoms with Gasteiger partial charge in [-0.2, -0.15) is 10.3 Å². The Labute approximate surface area is 154 Å². The number of nitriles is 1. The van der Waals surface area contributed by atoms with E-state index in [1.165, 1.54) is 36.4 Å². The topological polar surface area (TPSA) is 126 Å². The number of benzene rings is 2. The molecule has 0 unspecified atom stereocenters. The number of anilines is 1. The quantitative estimate of drug-likeness (QED) is 0.335. The molecule has 136 valence electrons. The monoisotopic (exact) mass is 366 g/mol. The summed E-state index contributed by atoms with van der Waals surface area (Å²) in [6, 6.07) is 14.6. The van der Waals surface area contributed by atoms with Crippen molar-refractivity contribution in [2.45, 2.75) is 6.92 Å². The molecule has 9 heteroatoms. The molecular weight excluding hydrogens is 352 g/mol. The number of non-ortho nitro benzene ring substituents is 1. The molecule has 0 aliphatic heterocycles. The average Bonchev–Trinajstić information content (AvgIpc) is 2.69. The van der Waals surface area contributed by atoms with E-state index >= 15 is 0 Å². The zero-order valence-electron chi connectivity index (χ0n) is 14.2. The van der Waals surface area contributed by atoms with Gasteiger partial charge in [-0.05, 0) is 31.2 Å². The summed E-state index contributed by atoms with van der Waals surface area (Å²) in [6.07, 6.45) is 0. The van der Waals surface area contributed by atoms with Gasteiger partial charge in [0.15, 0.2) is 0 Å². The molecule has 0 aliphatic carbocycles. The number of nitro groups is 1. The molecule has 2 aromatic carbocycles. The maximum Gasteiger partial charge on any atom is 0.369 e. The molecule has 0 N–H and O–H groups in total. The lowest BCUT2D eigenvalue weighted by Crippen LogP contribution is -2.29. The van der Waals surface area contributed by atoms with Crippen LogP contribution in [0.25, 0.3) is 0 Å². The van der Waals surface area contributed by atoms with Gasteiger partial charge in [-0.1, -0.05) is 18.2 Å². The van der Waals surface area contributed by atoms with Crippen molar-refractivity contribution in [3.63, 3.8) is 0 Å². The van der Waals surface area contributed by atoms with Crippen LogP contribution < -0.4 is 5.01 Å². The molecule has 1 amide bonds. The van der Waals surface area contributed by atoms with E-state index < -0.39 is 22.5 Å². The Bertz CT molecular complexity index is 917. The van der Waals surface area contributed by atoms with Gasteiger partial charge in [0.25, 0.3) is 11.6 Å². The van der Waals surface area contributed by atoms with Gasteiger partial charge in [0, 0.05) is 17.7 Å². The molecule has 9 nitrogen and oxygen atoms in total. The molecule has 0 spiro atoms. The Morgan fingerprint density at radius 1 is 1.19 bits per heavy atom. The van der Waals surface area contributed by atoms with Crippen molar-refractivity contribution in [2.24, 2.45) is 5.10 Å². The molecule has 27 heavy (non-hydrogen) atoms. The molecule has 0 radical (unpaired) electrons. The lowest BCUT2D eigenvalue weighted by atomic mass is 10.2. The molecule has 2 aromatic rings. The first-order valence-electron chi connectivity index (χ1n) is 7.77. The number of nitro benzene ring substituents is 1. The third-order valence-electron chi connectivity index (χ3n) is 3.29. The highest BCUT2D eigenvalue weighted by atomic mass is 16.6.